The third-order valence-electron chi connectivity index (χ3n) is 6.59. The molecule has 162 valence electrons. The van der Waals surface area contributed by atoms with Crippen molar-refractivity contribution in [3.8, 4) is 0 Å². The summed E-state index contributed by atoms with van der Waals surface area (Å²) in [4.78, 5) is 26.9. The monoisotopic (exact) mass is 393 g/mol. The lowest BCUT2D eigenvalue weighted by Crippen LogP contribution is -2.43. The summed E-state index contributed by atoms with van der Waals surface area (Å²) in [6.07, 6.45) is 18.8. The molecule has 1 heterocycles. The summed E-state index contributed by atoms with van der Waals surface area (Å²) in [6, 6.07) is 0. The first-order valence-corrected chi connectivity index (χ1v) is 12.2. The molecule has 0 atom stereocenters. The number of piperidine rings is 1. The van der Waals surface area contributed by atoms with E-state index in [4.69, 9.17) is 4.74 Å². The second-order valence-electron chi connectivity index (χ2n) is 8.93. The Kier molecular flexibility index (Phi) is 11.6. The Bertz CT molecular complexity index is 437. The number of nitrogens with zero attached hydrogens (tertiary/aromatic N) is 1. The molecule has 0 bridgehead atoms. The second kappa shape index (κ2) is 14.0. The zero-order valence-corrected chi connectivity index (χ0v) is 18.3. The molecule has 2 rings (SSSR count). The van der Waals surface area contributed by atoms with Gasteiger partial charge in [0.1, 0.15) is 0 Å². The first-order chi connectivity index (χ1) is 13.7. The van der Waals surface area contributed by atoms with Crippen LogP contribution in [-0.4, -0.2) is 36.5 Å². The van der Waals surface area contributed by atoms with E-state index in [0.29, 0.717) is 12.5 Å². The summed E-state index contributed by atoms with van der Waals surface area (Å²) in [5.41, 5.74) is 0. The van der Waals surface area contributed by atoms with Crippen molar-refractivity contribution in [3.05, 3.63) is 0 Å². The van der Waals surface area contributed by atoms with Crippen molar-refractivity contribution in [2.24, 2.45) is 11.8 Å². The van der Waals surface area contributed by atoms with Crippen molar-refractivity contribution in [1.82, 2.24) is 4.90 Å². The maximum absolute atomic E-state index is 12.6. The van der Waals surface area contributed by atoms with Crippen LogP contribution in [0.4, 0.5) is 0 Å². The number of hydrogen-bond acceptors (Lipinski definition) is 3. The van der Waals surface area contributed by atoms with E-state index < -0.39 is 0 Å². The lowest BCUT2D eigenvalue weighted by molar-refractivity contribution is -0.152. The lowest BCUT2D eigenvalue weighted by atomic mass is 9.87. The minimum atomic E-state index is -0.0377. The maximum atomic E-state index is 12.6. The highest BCUT2D eigenvalue weighted by molar-refractivity contribution is 5.79. The molecule has 2 fully saturated rings. The molecule has 4 heteroatoms. The molecule has 0 aromatic heterocycles. The minimum absolute atomic E-state index is 0.00558. The highest BCUT2D eigenvalue weighted by Gasteiger charge is 2.31. The molecule has 1 aliphatic carbocycles. The van der Waals surface area contributed by atoms with E-state index in [1.54, 1.807) is 0 Å². The average molecular weight is 394 g/mol. The molecular weight excluding hydrogens is 350 g/mol. The third kappa shape index (κ3) is 8.53. The Hall–Kier alpha value is -1.06. The van der Waals surface area contributed by atoms with Gasteiger partial charge in [0.25, 0.3) is 0 Å². The molecule has 1 aliphatic heterocycles. The standard InChI is InChI=1S/C24H43NO3/c1-2-3-4-5-6-7-8-9-13-20-28-24(27)22-16-18-25(19-17-22)23(26)21-14-11-10-12-15-21/h21-22H,2-20H2,1H3. The predicted molar refractivity (Wildman–Crippen MR) is 114 cm³/mol. The largest absolute Gasteiger partial charge is 0.465 e. The normalized spacial score (nSPS) is 19.0. The SMILES string of the molecule is CCCCCCCCCCCOC(=O)C1CCN(C(=O)C2CCCCC2)CC1. The van der Waals surface area contributed by atoms with E-state index in [9.17, 15) is 9.59 Å². The molecule has 0 spiro atoms. The zero-order chi connectivity index (χ0) is 20.0. The number of amides is 1. The fourth-order valence-corrected chi connectivity index (χ4v) is 4.65. The van der Waals surface area contributed by atoms with Crippen molar-refractivity contribution in [3.63, 3.8) is 0 Å². The minimum Gasteiger partial charge on any atom is -0.465 e. The molecule has 1 saturated heterocycles. The van der Waals surface area contributed by atoms with Gasteiger partial charge in [-0.25, -0.2) is 0 Å². The summed E-state index contributed by atoms with van der Waals surface area (Å²) in [5, 5.41) is 0. The molecule has 0 radical (unpaired) electrons. The Morgan fingerprint density at radius 3 is 1.93 bits per heavy atom. The summed E-state index contributed by atoms with van der Waals surface area (Å²) in [5.74, 6) is 0.531. The van der Waals surface area contributed by atoms with Crippen molar-refractivity contribution >= 4 is 11.9 Å². The van der Waals surface area contributed by atoms with Crippen LogP contribution in [0.5, 0.6) is 0 Å². The van der Waals surface area contributed by atoms with Gasteiger partial charge in [-0.2, -0.15) is 0 Å². The van der Waals surface area contributed by atoms with Gasteiger partial charge in [-0.05, 0) is 32.1 Å². The Labute approximate surface area is 172 Å². The molecule has 28 heavy (non-hydrogen) atoms. The lowest BCUT2D eigenvalue weighted by Gasteiger charge is -2.34. The van der Waals surface area contributed by atoms with Gasteiger partial charge in [0, 0.05) is 19.0 Å². The van der Waals surface area contributed by atoms with Crippen molar-refractivity contribution in [1.29, 1.82) is 0 Å². The molecule has 0 unspecified atom stereocenters. The Morgan fingerprint density at radius 1 is 0.750 bits per heavy atom. The number of likely N-dealkylation sites (tertiary alicyclic amines) is 1. The van der Waals surface area contributed by atoms with E-state index in [-0.39, 0.29) is 17.8 Å². The fraction of sp³-hybridized carbons (Fsp3) is 0.917. The highest BCUT2D eigenvalue weighted by Crippen LogP contribution is 2.27. The smallest absolute Gasteiger partial charge is 0.309 e. The molecular formula is C24H43NO3. The number of carbonyl (C=O) groups excluding carboxylic acids is 2. The first-order valence-electron chi connectivity index (χ1n) is 12.2. The van der Waals surface area contributed by atoms with Crippen molar-refractivity contribution in [2.45, 2.75) is 110 Å². The number of unbranched alkanes of at least 4 members (excludes halogenated alkanes) is 8. The van der Waals surface area contributed by atoms with Crippen LogP contribution < -0.4 is 0 Å². The highest BCUT2D eigenvalue weighted by atomic mass is 16.5. The zero-order valence-electron chi connectivity index (χ0n) is 18.3. The third-order valence-corrected chi connectivity index (χ3v) is 6.59. The first kappa shape index (κ1) is 23.2. The van der Waals surface area contributed by atoms with Crippen LogP contribution in [-0.2, 0) is 14.3 Å². The van der Waals surface area contributed by atoms with Gasteiger partial charge >= 0.3 is 5.97 Å². The van der Waals surface area contributed by atoms with Gasteiger partial charge in [0.2, 0.25) is 5.91 Å². The molecule has 2 aliphatic rings. The Morgan fingerprint density at radius 2 is 1.32 bits per heavy atom. The van der Waals surface area contributed by atoms with Gasteiger partial charge in [0.15, 0.2) is 0 Å². The number of hydrogen-bond donors (Lipinski definition) is 0. The molecule has 0 aromatic carbocycles. The van der Waals surface area contributed by atoms with Crippen LogP contribution >= 0.6 is 0 Å². The van der Waals surface area contributed by atoms with Crippen LogP contribution in [0.3, 0.4) is 0 Å². The molecule has 0 N–H and O–H groups in total. The van der Waals surface area contributed by atoms with Crippen LogP contribution in [0.2, 0.25) is 0 Å². The molecule has 0 aromatic rings. The topological polar surface area (TPSA) is 46.6 Å². The number of ether oxygens (including phenoxy) is 1. The van der Waals surface area contributed by atoms with Gasteiger partial charge in [0.05, 0.1) is 12.5 Å². The van der Waals surface area contributed by atoms with E-state index in [1.807, 2.05) is 4.90 Å². The number of esters is 1. The summed E-state index contributed by atoms with van der Waals surface area (Å²) in [7, 11) is 0. The van der Waals surface area contributed by atoms with Gasteiger partial charge in [-0.15, -0.1) is 0 Å². The number of rotatable bonds is 12. The maximum Gasteiger partial charge on any atom is 0.309 e. The summed E-state index contributed by atoms with van der Waals surface area (Å²) >= 11 is 0. The summed E-state index contributed by atoms with van der Waals surface area (Å²) in [6.45, 7) is 4.28. The van der Waals surface area contributed by atoms with Crippen LogP contribution in [0.1, 0.15) is 110 Å². The van der Waals surface area contributed by atoms with Crippen LogP contribution in [0.15, 0.2) is 0 Å². The molecule has 4 nitrogen and oxygen atoms in total. The van der Waals surface area contributed by atoms with E-state index in [2.05, 4.69) is 6.92 Å². The van der Waals surface area contributed by atoms with Gasteiger partial charge in [-0.1, -0.05) is 77.6 Å². The average Bonchev–Trinajstić information content (AvgIpc) is 2.75. The van der Waals surface area contributed by atoms with Gasteiger partial charge < -0.3 is 9.64 Å². The van der Waals surface area contributed by atoms with E-state index in [1.165, 1.54) is 64.2 Å². The van der Waals surface area contributed by atoms with Crippen molar-refractivity contribution < 1.29 is 14.3 Å². The van der Waals surface area contributed by atoms with Crippen molar-refractivity contribution in [2.75, 3.05) is 19.7 Å². The Balaban J connectivity index is 1.48. The number of carbonyl (C=O) groups is 2. The predicted octanol–water partition coefficient (Wildman–Crippen LogP) is 5.88. The second-order valence-corrected chi connectivity index (χ2v) is 8.93. The summed E-state index contributed by atoms with van der Waals surface area (Å²) < 4.78 is 5.51. The quantitative estimate of drug-likeness (QED) is 0.307. The van der Waals surface area contributed by atoms with Gasteiger partial charge in [-0.3, -0.25) is 9.59 Å². The van der Waals surface area contributed by atoms with Crippen LogP contribution in [0.25, 0.3) is 0 Å². The molecule has 1 saturated carbocycles. The fourth-order valence-electron chi connectivity index (χ4n) is 4.65. The van der Waals surface area contributed by atoms with Crippen LogP contribution in [0, 0.1) is 11.8 Å². The molecule has 1 amide bonds. The van der Waals surface area contributed by atoms with E-state index in [0.717, 1.165) is 51.6 Å². The van der Waals surface area contributed by atoms with E-state index >= 15 is 0 Å².